The number of likely N-dealkylation sites (N-methyl/N-ethyl adjacent to an activating group) is 1. The van der Waals surface area contributed by atoms with E-state index in [2.05, 4.69) is 10.2 Å². The molecule has 0 aromatic heterocycles. The maximum absolute atomic E-state index is 12.0. The van der Waals surface area contributed by atoms with Gasteiger partial charge in [0.25, 0.3) is 5.91 Å². The van der Waals surface area contributed by atoms with Gasteiger partial charge >= 0.3 is 0 Å². The lowest BCUT2D eigenvalue weighted by Gasteiger charge is -2.30. The van der Waals surface area contributed by atoms with Crippen molar-refractivity contribution >= 4 is 34.8 Å². The van der Waals surface area contributed by atoms with E-state index < -0.39 is 0 Å². The number of nitrogens with one attached hydrogen (secondary N) is 1. The highest BCUT2D eigenvalue weighted by atomic mass is 35.5. The second-order valence-electron chi connectivity index (χ2n) is 4.82. The number of carbonyl (C=O) groups excluding carboxylic acids is 1. The zero-order chi connectivity index (χ0) is 14.7. The number of hydrogen-bond donors (Lipinski definition) is 2. The first-order chi connectivity index (χ1) is 9.47. The Bertz CT molecular complexity index is 487. The van der Waals surface area contributed by atoms with Crippen LogP contribution in [0.5, 0.6) is 0 Å². The van der Waals surface area contributed by atoms with Crippen LogP contribution >= 0.6 is 23.2 Å². The number of nitrogens with two attached hydrogens (primary N) is 1. The van der Waals surface area contributed by atoms with Gasteiger partial charge in [0.15, 0.2) is 0 Å². The van der Waals surface area contributed by atoms with E-state index in [1.807, 2.05) is 7.05 Å². The van der Waals surface area contributed by atoms with Crippen molar-refractivity contribution in [3.8, 4) is 0 Å². The molecule has 1 heterocycles. The minimum Gasteiger partial charge on any atom is -0.396 e. The van der Waals surface area contributed by atoms with Crippen molar-refractivity contribution in [2.45, 2.75) is 6.10 Å². The van der Waals surface area contributed by atoms with Gasteiger partial charge in [0.1, 0.15) is 0 Å². The van der Waals surface area contributed by atoms with Crippen molar-refractivity contribution in [1.82, 2.24) is 10.2 Å². The Morgan fingerprint density at radius 3 is 2.75 bits per heavy atom. The molecule has 0 spiro atoms. The first kappa shape index (κ1) is 15.4. The Labute approximate surface area is 128 Å². The number of ether oxygens (including phenoxy) is 1. The zero-order valence-corrected chi connectivity index (χ0v) is 12.7. The number of halogens is 2. The van der Waals surface area contributed by atoms with Gasteiger partial charge in [-0.25, -0.2) is 0 Å². The normalized spacial score (nSPS) is 19.9. The number of benzene rings is 1. The number of nitrogens with zero attached hydrogens (tertiary/aromatic N) is 1. The molecule has 1 aliphatic rings. The molecule has 1 aliphatic heterocycles. The van der Waals surface area contributed by atoms with E-state index in [4.69, 9.17) is 33.7 Å². The van der Waals surface area contributed by atoms with E-state index in [9.17, 15) is 4.79 Å². The van der Waals surface area contributed by atoms with Crippen LogP contribution in [0.25, 0.3) is 0 Å². The summed E-state index contributed by atoms with van der Waals surface area (Å²) in [5, 5.41) is 3.36. The van der Waals surface area contributed by atoms with Crippen LogP contribution in [0.1, 0.15) is 10.4 Å². The van der Waals surface area contributed by atoms with Crippen molar-refractivity contribution in [3.63, 3.8) is 0 Å². The maximum atomic E-state index is 12.0. The van der Waals surface area contributed by atoms with Gasteiger partial charge in [-0.2, -0.15) is 0 Å². The van der Waals surface area contributed by atoms with Crippen LogP contribution < -0.4 is 11.1 Å². The topological polar surface area (TPSA) is 67.6 Å². The lowest BCUT2D eigenvalue weighted by atomic mass is 10.2. The molecule has 20 heavy (non-hydrogen) atoms. The Balaban J connectivity index is 1.95. The van der Waals surface area contributed by atoms with E-state index in [-0.39, 0.29) is 27.7 Å². The van der Waals surface area contributed by atoms with Crippen LogP contribution in [0.2, 0.25) is 10.0 Å². The third-order valence-electron chi connectivity index (χ3n) is 3.17. The molecule has 110 valence electrons. The van der Waals surface area contributed by atoms with Crippen molar-refractivity contribution in [3.05, 3.63) is 27.7 Å². The SMILES string of the molecule is CN1CCOC(CNC(=O)c2cc(Cl)c(N)c(Cl)c2)C1. The molecular formula is C13H17Cl2N3O2. The van der Waals surface area contributed by atoms with Gasteiger partial charge in [-0.1, -0.05) is 23.2 Å². The van der Waals surface area contributed by atoms with E-state index in [0.717, 1.165) is 13.1 Å². The summed E-state index contributed by atoms with van der Waals surface area (Å²) in [4.78, 5) is 14.2. The summed E-state index contributed by atoms with van der Waals surface area (Å²) in [5.41, 5.74) is 6.30. The summed E-state index contributed by atoms with van der Waals surface area (Å²) in [6, 6.07) is 3.01. The molecule has 1 unspecified atom stereocenters. The first-order valence-electron chi connectivity index (χ1n) is 6.30. The quantitative estimate of drug-likeness (QED) is 0.832. The Morgan fingerprint density at radius 2 is 2.15 bits per heavy atom. The van der Waals surface area contributed by atoms with Gasteiger partial charge < -0.3 is 20.7 Å². The van der Waals surface area contributed by atoms with Gasteiger partial charge in [-0.15, -0.1) is 0 Å². The fraction of sp³-hybridized carbons (Fsp3) is 0.462. The number of morpholine rings is 1. The van der Waals surface area contributed by atoms with Crippen molar-refractivity contribution in [1.29, 1.82) is 0 Å². The fourth-order valence-corrected chi connectivity index (χ4v) is 2.50. The number of amides is 1. The molecule has 1 aromatic rings. The average Bonchev–Trinajstić information content (AvgIpc) is 2.41. The lowest BCUT2D eigenvalue weighted by molar-refractivity contribution is -0.0175. The van der Waals surface area contributed by atoms with Crippen molar-refractivity contribution in [2.75, 3.05) is 39.0 Å². The average molecular weight is 318 g/mol. The number of nitrogen functional groups attached to an aromatic ring is 1. The van der Waals surface area contributed by atoms with Crippen LogP contribution in [0.15, 0.2) is 12.1 Å². The largest absolute Gasteiger partial charge is 0.396 e. The fourth-order valence-electron chi connectivity index (χ4n) is 2.01. The lowest BCUT2D eigenvalue weighted by Crippen LogP contribution is -2.45. The second kappa shape index (κ2) is 6.63. The molecule has 1 atom stereocenters. The van der Waals surface area contributed by atoms with Gasteiger partial charge in [0.2, 0.25) is 0 Å². The summed E-state index contributed by atoms with van der Waals surface area (Å²) in [6.07, 6.45) is -0.00238. The number of hydrogen-bond acceptors (Lipinski definition) is 4. The van der Waals surface area contributed by atoms with Gasteiger partial charge in [0, 0.05) is 25.2 Å². The van der Waals surface area contributed by atoms with E-state index >= 15 is 0 Å². The zero-order valence-electron chi connectivity index (χ0n) is 11.2. The molecule has 0 aliphatic carbocycles. The second-order valence-corrected chi connectivity index (χ2v) is 5.63. The van der Waals surface area contributed by atoms with Crippen LogP contribution in [0.3, 0.4) is 0 Å². The van der Waals surface area contributed by atoms with E-state index in [0.29, 0.717) is 18.7 Å². The Morgan fingerprint density at radius 1 is 1.50 bits per heavy atom. The minimum atomic E-state index is -0.245. The standard InChI is InChI=1S/C13H17Cl2N3O2/c1-18-2-3-20-9(7-18)6-17-13(19)8-4-10(14)12(16)11(15)5-8/h4-5,9H,2-3,6-7,16H2,1H3,(H,17,19). The van der Waals surface area contributed by atoms with Gasteiger partial charge in [-0.05, 0) is 19.2 Å². The van der Waals surface area contributed by atoms with E-state index in [1.165, 1.54) is 12.1 Å². The molecule has 0 bridgehead atoms. The number of rotatable bonds is 3. The molecule has 1 aromatic carbocycles. The van der Waals surface area contributed by atoms with Gasteiger partial charge in [-0.3, -0.25) is 4.79 Å². The molecule has 0 saturated carbocycles. The van der Waals surface area contributed by atoms with Crippen molar-refractivity contribution < 1.29 is 9.53 Å². The molecule has 3 N–H and O–H groups in total. The van der Waals surface area contributed by atoms with Crippen LogP contribution in [0.4, 0.5) is 5.69 Å². The molecule has 1 fully saturated rings. The summed E-state index contributed by atoms with van der Waals surface area (Å²) >= 11 is 11.8. The molecule has 5 nitrogen and oxygen atoms in total. The molecule has 2 rings (SSSR count). The summed E-state index contributed by atoms with van der Waals surface area (Å²) in [6.45, 7) is 2.83. The summed E-state index contributed by atoms with van der Waals surface area (Å²) < 4.78 is 5.57. The summed E-state index contributed by atoms with van der Waals surface area (Å²) in [5.74, 6) is -0.245. The molecule has 0 radical (unpaired) electrons. The third-order valence-corrected chi connectivity index (χ3v) is 3.80. The van der Waals surface area contributed by atoms with Crippen LogP contribution in [0, 0.1) is 0 Å². The predicted octanol–water partition coefficient (Wildman–Crippen LogP) is 1.64. The Hall–Kier alpha value is -1.01. The van der Waals surface area contributed by atoms with Crippen LogP contribution in [-0.4, -0.2) is 50.2 Å². The van der Waals surface area contributed by atoms with Gasteiger partial charge in [0.05, 0.1) is 28.4 Å². The monoisotopic (exact) mass is 317 g/mol. The third kappa shape index (κ3) is 3.76. The predicted molar refractivity (Wildman–Crippen MR) is 80.4 cm³/mol. The van der Waals surface area contributed by atoms with Crippen molar-refractivity contribution in [2.24, 2.45) is 0 Å². The maximum Gasteiger partial charge on any atom is 0.251 e. The highest BCUT2D eigenvalue weighted by Gasteiger charge is 2.19. The number of carbonyl (C=O) groups is 1. The molecule has 1 saturated heterocycles. The molecule has 7 heteroatoms. The summed E-state index contributed by atoms with van der Waals surface area (Å²) in [7, 11) is 2.02. The first-order valence-corrected chi connectivity index (χ1v) is 7.06. The highest BCUT2D eigenvalue weighted by molar-refractivity contribution is 6.39. The molecule has 1 amide bonds. The number of anilines is 1. The highest BCUT2D eigenvalue weighted by Crippen LogP contribution is 2.28. The molecular weight excluding hydrogens is 301 g/mol. The van der Waals surface area contributed by atoms with E-state index in [1.54, 1.807) is 0 Å². The Kier molecular flexibility index (Phi) is 5.10. The van der Waals surface area contributed by atoms with Crippen LogP contribution in [-0.2, 0) is 4.74 Å². The minimum absolute atomic E-state index is 0.00238. The smallest absolute Gasteiger partial charge is 0.251 e.